The molecule has 0 radical (unpaired) electrons. The van der Waals surface area contributed by atoms with Crippen LogP contribution in [0.3, 0.4) is 0 Å². The number of aromatic nitrogens is 2. The Morgan fingerprint density at radius 3 is 2.58 bits per heavy atom. The number of imidazole rings is 1. The zero-order valence-corrected chi connectivity index (χ0v) is 22.2. The van der Waals surface area contributed by atoms with Crippen molar-refractivity contribution in [3.8, 4) is 0 Å². The second-order valence-electron chi connectivity index (χ2n) is 10.7. The van der Waals surface area contributed by atoms with E-state index in [9.17, 15) is 18.8 Å². The molecule has 3 aliphatic rings. The highest BCUT2D eigenvalue weighted by molar-refractivity contribution is 6.34. The van der Waals surface area contributed by atoms with E-state index < -0.39 is 17.1 Å². The molecule has 38 heavy (non-hydrogen) atoms. The number of anilines is 1. The van der Waals surface area contributed by atoms with Crippen molar-refractivity contribution in [2.45, 2.75) is 57.4 Å². The van der Waals surface area contributed by atoms with E-state index in [1.165, 1.54) is 24.9 Å². The van der Waals surface area contributed by atoms with Crippen molar-refractivity contribution in [3.63, 3.8) is 0 Å². The van der Waals surface area contributed by atoms with Gasteiger partial charge in [0.05, 0.1) is 22.5 Å². The van der Waals surface area contributed by atoms with Crippen molar-refractivity contribution >= 4 is 35.0 Å². The van der Waals surface area contributed by atoms with Gasteiger partial charge in [0, 0.05) is 25.7 Å². The minimum Gasteiger partial charge on any atom is -0.364 e. The number of amides is 3. The maximum absolute atomic E-state index is 13.7. The van der Waals surface area contributed by atoms with Crippen molar-refractivity contribution in [2.24, 2.45) is 11.1 Å². The molecule has 1 aliphatic carbocycles. The standard InChI is InChI=1S/C27H34ClFN6O3/c28-20-16-18(29)4-5-21(20)35-13-10-27(26(35)38)8-6-19(7-9-27)34(15-14-33-11-2-1-3-12-33)25(37)23-22(24(30)36)31-17-32-23/h4-5,16-17,19H,1-3,6-15H2,(H2,30,36)(H,31,32). The zero-order chi connectivity index (χ0) is 26.9. The van der Waals surface area contributed by atoms with Crippen LogP contribution in [0, 0.1) is 11.2 Å². The fraction of sp³-hybridized carbons (Fsp3) is 0.556. The highest BCUT2D eigenvalue weighted by atomic mass is 35.5. The van der Waals surface area contributed by atoms with Crippen molar-refractivity contribution in [2.75, 3.05) is 37.6 Å². The Balaban J connectivity index is 1.31. The minimum absolute atomic E-state index is 0.0141. The lowest BCUT2D eigenvalue weighted by atomic mass is 9.71. The summed E-state index contributed by atoms with van der Waals surface area (Å²) >= 11 is 6.26. The number of halogens is 2. The molecule has 2 aliphatic heterocycles. The third-order valence-corrected chi connectivity index (χ3v) is 8.82. The van der Waals surface area contributed by atoms with Crippen LogP contribution < -0.4 is 10.6 Å². The number of hydrogen-bond donors (Lipinski definition) is 2. The lowest BCUT2D eigenvalue weighted by Crippen LogP contribution is -2.49. The molecule has 0 bridgehead atoms. The van der Waals surface area contributed by atoms with Crippen molar-refractivity contribution in [1.82, 2.24) is 19.8 Å². The molecule has 1 aromatic carbocycles. The summed E-state index contributed by atoms with van der Waals surface area (Å²) in [4.78, 5) is 51.8. The fourth-order valence-corrected chi connectivity index (χ4v) is 6.62. The molecule has 9 nitrogen and oxygen atoms in total. The van der Waals surface area contributed by atoms with Gasteiger partial charge in [-0.2, -0.15) is 0 Å². The monoisotopic (exact) mass is 544 g/mol. The van der Waals surface area contributed by atoms with Crippen LogP contribution in [0.25, 0.3) is 0 Å². The molecule has 0 unspecified atom stereocenters. The van der Waals surface area contributed by atoms with Crippen LogP contribution in [0.15, 0.2) is 24.5 Å². The third-order valence-electron chi connectivity index (χ3n) is 8.52. The number of piperidine rings is 1. The first kappa shape index (κ1) is 26.6. The van der Waals surface area contributed by atoms with E-state index in [4.69, 9.17) is 17.3 Å². The van der Waals surface area contributed by atoms with Gasteiger partial charge >= 0.3 is 0 Å². The molecule has 3 heterocycles. The van der Waals surface area contributed by atoms with E-state index in [0.29, 0.717) is 50.9 Å². The van der Waals surface area contributed by atoms with Gasteiger partial charge in [0.15, 0.2) is 5.69 Å². The number of nitrogens with two attached hydrogens (primary N) is 1. The molecule has 11 heteroatoms. The second-order valence-corrected chi connectivity index (χ2v) is 11.1. The number of carbonyl (C=O) groups is 3. The zero-order valence-electron chi connectivity index (χ0n) is 21.4. The highest BCUT2D eigenvalue weighted by Crippen LogP contribution is 2.48. The van der Waals surface area contributed by atoms with Gasteiger partial charge in [-0.3, -0.25) is 14.4 Å². The SMILES string of the molecule is NC(=O)c1nc[nH]c1C(=O)N(CCN1CCCCC1)C1CCC2(CC1)CCN(c1ccc(F)cc1Cl)C2=O. The van der Waals surface area contributed by atoms with E-state index >= 15 is 0 Å². The van der Waals surface area contributed by atoms with E-state index in [2.05, 4.69) is 14.9 Å². The summed E-state index contributed by atoms with van der Waals surface area (Å²) in [6.07, 6.45) is 8.18. The lowest BCUT2D eigenvalue weighted by molar-refractivity contribution is -0.127. The molecule has 1 saturated carbocycles. The Labute approximate surface area is 226 Å². The number of nitrogens with zero attached hydrogens (tertiary/aromatic N) is 4. The molecule has 2 aromatic rings. The number of primary amides is 1. The van der Waals surface area contributed by atoms with Crippen LogP contribution in [0.5, 0.6) is 0 Å². The lowest BCUT2D eigenvalue weighted by Gasteiger charge is -2.41. The Hall–Kier alpha value is -2.98. The number of nitrogens with one attached hydrogen (secondary N) is 1. The molecule has 204 valence electrons. The predicted octanol–water partition coefficient (Wildman–Crippen LogP) is 3.60. The Morgan fingerprint density at radius 1 is 1.16 bits per heavy atom. The summed E-state index contributed by atoms with van der Waals surface area (Å²) in [5, 5.41) is 0.225. The van der Waals surface area contributed by atoms with Gasteiger partial charge in [-0.15, -0.1) is 0 Å². The van der Waals surface area contributed by atoms with Crippen LogP contribution >= 0.6 is 11.6 Å². The average molecular weight is 545 g/mol. The first-order chi connectivity index (χ1) is 18.3. The first-order valence-corrected chi connectivity index (χ1v) is 13.8. The maximum Gasteiger partial charge on any atom is 0.273 e. The average Bonchev–Trinajstić information content (AvgIpc) is 3.52. The van der Waals surface area contributed by atoms with Crippen LogP contribution in [0.2, 0.25) is 5.02 Å². The Morgan fingerprint density at radius 2 is 1.89 bits per heavy atom. The quantitative estimate of drug-likeness (QED) is 0.552. The molecular weight excluding hydrogens is 511 g/mol. The number of aromatic amines is 1. The van der Waals surface area contributed by atoms with Crippen molar-refractivity contribution < 1.29 is 18.8 Å². The van der Waals surface area contributed by atoms with Gasteiger partial charge in [-0.25, -0.2) is 9.37 Å². The van der Waals surface area contributed by atoms with Crippen LogP contribution in [0.4, 0.5) is 10.1 Å². The number of H-pyrrole nitrogens is 1. The molecule has 3 amide bonds. The van der Waals surface area contributed by atoms with Gasteiger partial charge in [0.25, 0.3) is 11.8 Å². The second kappa shape index (κ2) is 11.0. The van der Waals surface area contributed by atoms with E-state index in [1.807, 2.05) is 4.90 Å². The molecule has 3 N–H and O–H groups in total. The summed E-state index contributed by atoms with van der Waals surface area (Å²) in [6, 6.07) is 4.03. The van der Waals surface area contributed by atoms with Crippen molar-refractivity contribution in [3.05, 3.63) is 46.8 Å². The molecule has 3 fully saturated rings. The smallest absolute Gasteiger partial charge is 0.273 e. The van der Waals surface area contributed by atoms with Gasteiger partial charge in [-0.05, 0) is 76.2 Å². The summed E-state index contributed by atoms with van der Waals surface area (Å²) in [5.41, 5.74) is 5.55. The summed E-state index contributed by atoms with van der Waals surface area (Å²) in [5.74, 6) is -1.46. The summed E-state index contributed by atoms with van der Waals surface area (Å²) < 4.78 is 13.6. The molecular formula is C27H34ClFN6O3. The first-order valence-electron chi connectivity index (χ1n) is 13.4. The van der Waals surface area contributed by atoms with Gasteiger partial charge in [0.2, 0.25) is 5.91 Å². The number of hydrogen-bond acceptors (Lipinski definition) is 5. The highest BCUT2D eigenvalue weighted by Gasteiger charge is 2.50. The number of likely N-dealkylation sites (tertiary alicyclic amines) is 1. The van der Waals surface area contributed by atoms with E-state index in [-0.39, 0.29) is 34.3 Å². The summed E-state index contributed by atoms with van der Waals surface area (Å²) in [7, 11) is 0. The normalized spacial score (nSPS) is 24.2. The third kappa shape index (κ3) is 5.16. The topological polar surface area (TPSA) is 116 Å². The molecule has 1 spiro atoms. The van der Waals surface area contributed by atoms with Crippen molar-refractivity contribution in [1.29, 1.82) is 0 Å². The van der Waals surface area contributed by atoms with Crippen LogP contribution in [-0.4, -0.2) is 76.3 Å². The number of benzene rings is 1. The number of carbonyl (C=O) groups excluding carboxylic acids is 3. The maximum atomic E-state index is 13.7. The fourth-order valence-electron chi connectivity index (χ4n) is 6.35. The molecule has 1 aromatic heterocycles. The molecule has 0 atom stereocenters. The number of rotatable bonds is 7. The predicted molar refractivity (Wildman–Crippen MR) is 142 cm³/mol. The minimum atomic E-state index is -0.746. The Kier molecular flexibility index (Phi) is 7.72. The van der Waals surface area contributed by atoms with Crippen LogP contribution in [-0.2, 0) is 4.79 Å². The van der Waals surface area contributed by atoms with Gasteiger partial charge < -0.3 is 25.4 Å². The van der Waals surface area contributed by atoms with Crippen LogP contribution in [0.1, 0.15) is 72.3 Å². The largest absolute Gasteiger partial charge is 0.364 e. The summed E-state index contributed by atoms with van der Waals surface area (Å²) in [6.45, 7) is 3.84. The molecule has 2 saturated heterocycles. The van der Waals surface area contributed by atoms with E-state index in [0.717, 1.165) is 32.5 Å². The Bertz CT molecular complexity index is 1210. The van der Waals surface area contributed by atoms with E-state index in [1.54, 1.807) is 11.0 Å². The molecule has 5 rings (SSSR count). The van der Waals surface area contributed by atoms with Gasteiger partial charge in [0.1, 0.15) is 11.5 Å². The van der Waals surface area contributed by atoms with Gasteiger partial charge in [-0.1, -0.05) is 18.0 Å².